The monoisotopic (exact) mass is 237 g/mol. The Hall–Kier alpha value is -0.940. The van der Waals surface area contributed by atoms with Crippen molar-refractivity contribution in [2.75, 3.05) is 26.2 Å². The molecular formula is C12H23N5. The van der Waals surface area contributed by atoms with Gasteiger partial charge in [0.25, 0.3) is 0 Å². The molecule has 1 atom stereocenters. The maximum absolute atomic E-state index is 4.08. The molecule has 1 aliphatic rings. The smallest absolute Gasteiger partial charge is 0.137 e. The molecular weight excluding hydrogens is 214 g/mol. The first-order chi connectivity index (χ1) is 8.34. The van der Waals surface area contributed by atoms with Crippen LogP contribution in [0, 0.1) is 0 Å². The highest BCUT2D eigenvalue weighted by Gasteiger charge is 2.12. The second-order valence-corrected chi connectivity index (χ2v) is 4.87. The van der Waals surface area contributed by atoms with Crippen LogP contribution in [0.4, 0.5) is 0 Å². The number of hydrogen-bond donors (Lipinski definition) is 1. The summed E-state index contributed by atoms with van der Waals surface area (Å²) < 4.78 is 1.86. The van der Waals surface area contributed by atoms with Crippen LogP contribution in [0.1, 0.15) is 26.2 Å². The zero-order valence-electron chi connectivity index (χ0n) is 10.7. The maximum atomic E-state index is 4.08. The topological polar surface area (TPSA) is 46.0 Å². The average molecular weight is 237 g/mol. The van der Waals surface area contributed by atoms with Crippen LogP contribution in [0.5, 0.6) is 0 Å². The van der Waals surface area contributed by atoms with E-state index in [0.29, 0.717) is 6.04 Å². The summed E-state index contributed by atoms with van der Waals surface area (Å²) >= 11 is 0. The molecule has 0 aromatic carbocycles. The molecule has 1 aromatic rings. The van der Waals surface area contributed by atoms with Crippen LogP contribution in [0.25, 0.3) is 0 Å². The largest absolute Gasteiger partial charge is 0.311 e. The number of nitrogens with zero attached hydrogens (tertiary/aromatic N) is 4. The van der Waals surface area contributed by atoms with Crippen LogP contribution in [-0.2, 0) is 6.54 Å². The van der Waals surface area contributed by atoms with Gasteiger partial charge in [0.05, 0.1) is 6.54 Å². The number of hydrogen-bond acceptors (Lipinski definition) is 4. The van der Waals surface area contributed by atoms with Gasteiger partial charge in [-0.05, 0) is 32.9 Å². The Bertz CT molecular complexity index is 292. The molecule has 0 spiro atoms. The van der Waals surface area contributed by atoms with Crippen molar-refractivity contribution in [2.24, 2.45) is 0 Å². The van der Waals surface area contributed by atoms with Crippen molar-refractivity contribution >= 4 is 0 Å². The second-order valence-electron chi connectivity index (χ2n) is 4.87. The van der Waals surface area contributed by atoms with Gasteiger partial charge in [-0.1, -0.05) is 6.42 Å². The molecule has 0 radical (unpaired) electrons. The number of likely N-dealkylation sites (tertiary alicyclic amines) is 1. The summed E-state index contributed by atoms with van der Waals surface area (Å²) in [6.07, 6.45) is 7.48. The summed E-state index contributed by atoms with van der Waals surface area (Å²) in [7, 11) is 0. The van der Waals surface area contributed by atoms with Gasteiger partial charge in [0, 0.05) is 19.1 Å². The standard InChI is InChI=1S/C12H23N5/c1-12(9-16-6-3-2-4-7-16)14-5-8-17-11-13-10-15-17/h10-12,14H,2-9H2,1H3. The molecule has 0 amide bonds. The molecule has 1 saturated heterocycles. The summed E-state index contributed by atoms with van der Waals surface area (Å²) in [5, 5.41) is 7.62. The van der Waals surface area contributed by atoms with Crippen molar-refractivity contribution in [1.29, 1.82) is 0 Å². The van der Waals surface area contributed by atoms with E-state index in [1.54, 1.807) is 12.7 Å². The molecule has 0 aliphatic carbocycles. The van der Waals surface area contributed by atoms with Crippen molar-refractivity contribution in [1.82, 2.24) is 25.0 Å². The van der Waals surface area contributed by atoms with E-state index in [4.69, 9.17) is 0 Å². The number of aromatic nitrogens is 3. The van der Waals surface area contributed by atoms with Crippen LogP contribution < -0.4 is 5.32 Å². The summed E-state index contributed by atoms with van der Waals surface area (Å²) in [4.78, 5) is 6.50. The van der Waals surface area contributed by atoms with Gasteiger partial charge in [-0.2, -0.15) is 5.10 Å². The Kier molecular flexibility index (Phi) is 4.94. The molecule has 2 heterocycles. The minimum atomic E-state index is 0.552. The molecule has 1 aromatic heterocycles. The Morgan fingerprint density at radius 1 is 1.29 bits per heavy atom. The summed E-state index contributed by atoms with van der Waals surface area (Å²) in [5.74, 6) is 0. The van der Waals surface area contributed by atoms with Crippen LogP contribution >= 0.6 is 0 Å². The van der Waals surface area contributed by atoms with E-state index in [2.05, 4.69) is 27.2 Å². The third-order valence-corrected chi connectivity index (χ3v) is 3.28. The first-order valence-electron chi connectivity index (χ1n) is 6.63. The highest BCUT2D eigenvalue weighted by atomic mass is 15.3. The molecule has 1 aliphatic heterocycles. The number of nitrogens with one attached hydrogen (secondary N) is 1. The average Bonchev–Trinajstić information content (AvgIpc) is 2.83. The first-order valence-corrected chi connectivity index (χ1v) is 6.63. The lowest BCUT2D eigenvalue weighted by molar-refractivity contribution is 0.208. The van der Waals surface area contributed by atoms with Crippen molar-refractivity contribution in [3.8, 4) is 0 Å². The third kappa shape index (κ3) is 4.44. The van der Waals surface area contributed by atoms with Gasteiger partial charge >= 0.3 is 0 Å². The number of rotatable bonds is 6. The molecule has 96 valence electrons. The van der Waals surface area contributed by atoms with E-state index in [1.807, 2.05) is 4.68 Å². The van der Waals surface area contributed by atoms with E-state index >= 15 is 0 Å². The lowest BCUT2D eigenvalue weighted by atomic mass is 10.1. The van der Waals surface area contributed by atoms with E-state index in [9.17, 15) is 0 Å². The predicted octanol–water partition coefficient (Wildman–Crippen LogP) is 0.742. The van der Waals surface area contributed by atoms with E-state index in [-0.39, 0.29) is 0 Å². The summed E-state index contributed by atoms with van der Waals surface area (Å²) in [5.41, 5.74) is 0. The highest BCUT2D eigenvalue weighted by Crippen LogP contribution is 2.08. The molecule has 1 N–H and O–H groups in total. The van der Waals surface area contributed by atoms with Crippen LogP contribution in [0.2, 0.25) is 0 Å². The molecule has 1 fully saturated rings. The lowest BCUT2D eigenvalue weighted by Gasteiger charge is -2.29. The molecule has 0 bridgehead atoms. The normalized spacial score (nSPS) is 19.4. The van der Waals surface area contributed by atoms with Crippen LogP contribution in [-0.4, -0.2) is 51.9 Å². The molecule has 0 saturated carbocycles. The third-order valence-electron chi connectivity index (χ3n) is 3.28. The SMILES string of the molecule is CC(CN1CCCCC1)NCCn1cncn1. The first kappa shape index (κ1) is 12.5. The minimum Gasteiger partial charge on any atom is -0.311 e. The fraction of sp³-hybridized carbons (Fsp3) is 0.833. The van der Waals surface area contributed by atoms with Gasteiger partial charge in [-0.25, -0.2) is 4.98 Å². The van der Waals surface area contributed by atoms with E-state index in [1.165, 1.54) is 32.4 Å². The highest BCUT2D eigenvalue weighted by molar-refractivity contribution is 4.71. The van der Waals surface area contributed by atoms with Crippen LogP contribution in [0.3, 0.4) is 0 Å². The fourth-order valence-corrected chi connectivity index (χ4v) is 2.37. The van der Waals surface area contributed by atoms with Crippen LogP contribution in [0.15, 0.2) is 12.7 Å². The molecule has 2 rings (SSSR count). The van der Waals surface area contributed by atoms with Gasteiger partial charge in [0.2, 0.25) is 0 Å². The van der Waals surface area contributed by atoms with Gasteiger partial charge < -0.3 is 10.2 Å². The Balaban J connectivity index is 1.58. The zero-order valence-corrected chi connectivity index (χ0v) is 10.7. The quantitative estimate of drug-likeness (QED) is 0.793. The lowest BCUT2D eigenvalue weighted by Crippen LogP contribution is -2.42. The van der Waals surface area contributed by atoms with E-state index < -0.39 is 0 Å². The van der Waals surface area contributed by atoms with Gasteiger partial charge in [-0.15, -0.1) is 0 Å². The van der Waals surface area contributed by atoms with Gasteiger partial charge in [0.1, 0.15) is 12.7 Å². The van der Waals surface area contributed by atoms with Gasteiger partial charge in [0.15, 0.2) is 0 Å². The van der Waals surface area contributed by atoms with Crippen molar-refractivity contribution in [3.05, 3.63) is 12.7 Å². The molecule has 1 unspecified atom stereocenters. The predicted molar refractivity (Wildman–Crippen MR) is 67.8 cm³/mol. The second kappa shape index (κ2) is 6.71. The molecule has 5 heteroatoms. The van der Waals surface area contributed by atoms with Crippen molar-refractivity contribution in [3.63, 3.8) is 0 Å². The Morgan fingerprint density at radius 3 is 2.82 bits per heavy atom. The Labute approximate surface area is 103 Å². The van der Waals surface area contributed by atoms with Crippen molar-refractivity contribution < 1.29 is 0 Å². The van der Waals surface area contributed by atoms with Gasteiger partial charge in [-0.3, -0.25) is 4.68 Å². The summed E-state index contributed by atoms with van der Waals surface area (Å²) in [6.45, 7) is 7.82. The maximum Gasteiger partial charge on any atom is 0.137 e. The summed E-state index contributed by atoms with van der Waals surface area (Å²) in [6, 6.07) is 0.552. The fourth-order valence-electron chi connectivity index (χ4n) is 2.37. The number of piperidine rings is 1. The van der Waals surface area contributed by atoms with E-state index in [0.717, 1.165) is 19.6 Å². The zero-order chi connectivity index (χ0) is 11.9. The van der Waals surface area contributed by atoms with Crippen molar-refractivity contribution in [2.45, 2.75) is 38.8 Å². The molecule has 17 heavy (non-hydrogen) atoms. The Morgan fingerprint density at radius 2 is 2.12 bits per heavy atom. The minimum absolute atomic E-state index is 0.552. The molecule has 5 nitrogen and oxygen atoms in total.